The van der Waals surface area contributed by atoms with E-state index in [1.165, 1.54) is 0 Å². The second-order valence-electron chi connectivity index (χ2n) is 5.43. The second kappa shape index (κ2) is 6.34. The van der Waals surface area contributed by atoms with Crippen LogP contribution >= 0.6 is 0 Å². The van der Waals surface area contributed by atoms with E-state index in [2.05, 4.69) is 15.5 Å². The van der Waals surface area contributed by atoms with Gasteiger partial charge in [-0.25, -0.2) is 9.18 Å². The number of aryl methyl sites for hydroxylation is 2. The summed E-state index contributed by atoms with van der Waals surface area (Å²) < 4.78 is 18.1. The Kier molecular flexibility index (Phi) is 4.28. The lowest BCUT2D eigenvalue weighted by atomic mass is 10.2. The fraction of sp³-hybridized carbons (Fsp3) is 0.643. The lowest BCUT2D eigenvalue weighted by Gasteiger charge is -2.22. The smallest absolute Gasteiger partial charge is 0.323 e. The molecule has 1 saturated heterocycles. The number of carbonyl (C=O) groups is 1. The minimum Gasteiger partial charge on any atom is -0.374 e. The number of ether oxygens (including phenoxy) is 1. The predicted octanol–water partition coefficient (Wildman–Crippen LogP) is 1.56. The molecule has 1 fully saturated rings. The van der Waals surface area contributed by atoms with Gasteiger partial charge < -0.3 is 9.64 Å². The van der Waals surface area contributed by atoms with Crippen molar-refractivity contribution in [1.82, 2.24) is 15.1 Å². The van der Waals surface area contributed by atoms with E-state index in [-0.39, 0.29) is 12.6 Å². The van der Waals surface area contributed by atoms with Gasteiger partial charge in [0.1, 0.15) is 12.8 Å². The fourth-order valence-corrected chi connectivity index (χ4v) is 2.75. The summed E-state index contributed by atoms with van der Waals surface area (Å²) >= 11 is 0. The first-order valence-corrected chi connectivity index (χ1v) is 7.35. The van der Waals surface area contributed by atoms with Crippen molar-refractivity contribution in [2.45, 2.75) is 31.8 Å². The highest BCUT2D eigenvalue weighted by molar-refractivity contribution is 5.88. The van der Waals surface area contributed by atoms with Gasteiger partial charge in [0.05, 0.1) is 12.2 Å². The van der Waals surface area contributed by atoms with Crippen LogP contribution in [0.3, 0.4) is 0 Å². The van der Waals surface area contributed by atoms with Crippen LogP contribution in [0.2, 0.25) is 0 Å². The van der Waals surface area contributed by atoms with Crippen molar-refractivity contribution in [2.24, 2.45) is 0 Å². The Labute approximate surface area is 122 Å². The van der Waals surface area contributed by atoms with Gasteiger partial charge in [0, 0.05) is 13.2 Å². The number of anilines is 1. The summed E-state index contributed by atoms with van der Waals surface area (Å²) in [5.41, 5.74) is 2.18. The molecule has 1 aliphatic heterocycles. The molecular formula is C14H19FN4O2. The number of hydrogen-bond acceptors (Lipinski definition) is 4. The van der Waals surface area contributed by atoms with Gasteiger partial charge in [0.25, 0.3) is 0 Å². The summed E-state index contributed by atoms with van der Waals surface area (Å²) in [7, 11) is 0. The minimum atomic E-state index is -0.581. The van der Waals surface area contributed by atoms with Crippen LogP contribution in [0, 0.1) is 0 Å². The first-order valence-electron chi connectivity index (χ1n) is 7.35. The molecule has 0 bridgehead atoms. The molecule has 2 aliphatic rings. The Morgan fingerprint density at radius 3 is 3.19 bits per heavy atom. The van der Waals surface area contributed by atoms with E-state index >= 15 is 0 Å². The molecule has 21 heavy (non-hydrogen) atoms. The van der Waals surface area contributed by atoms with E-state index in [1.54, 1.807) is 4.90 Å². The normalized spacial score (nSPS) is 21.8. The maximum Gasteiger partial charge on any atom is 0.323 e. The van der Waals surface area contributed by atoms with Gasteiger partial charge in [-0.1, -0.05) is 0 Å². The number of nitrogens with one attached hydrogen (secondary N) is 1. The van der Waals surface area contributed by atoms with Crippen molar-refractivity contribution in [3.63, 3.8) is 0 Å². The third-order valence-electron chi connectivity index (χ3n) is 3.86. The second-order valence-corrected chi connectivity index (χ2v) is 5.43. The summed E-state index contributed by atoms with van der Waals surface area (Å²) in [5, 5.41) is 10.9. The average molecular weight is 294 g/mol. The van der Waals surface area contributed by atoms with Gasteiger partial charge in [-0.15, -0.1) is 5.10 Å². The predicted molar refractivity (Wildman–Crippen MR) is 75.0 cm³/mol. The number of amides is 2. The van der Waals surface area contributed by atoms with Crippen LogP contribution in [0.1, 0.15) is 24.1 Å². The number of fused-ring (bicyclic) bond motifs is 1. The van der Waals surface area contributed by atoms with E-state index in [1.807, 2.05) is 6.07 Å². The SMILES string of the molecule is O=C(Nc1cc2c(nn1)CCC2)N1CCCOC(CF)C1. The summed E-state index contributed by atoms with van der Waals surface area (Å²) in [6.45, 7) is 0.723. The molecule has 1 aromatic rings. The fourth-order valence-electron chi connectivity index (χ4n) is 2.75. The number of alkyl halides is 1. The van der Waals surface area contributed by atoms with Crippen molar-refractivity contribution < 1.29 is 13.9 Å². The molecule has 2 amide bonds. The zero-order chi connectivity index (χ0) is 14.7. The number of aromatic nitrogens is 2. The molecule has 0 aromatic carbocycles. The van der Waals surface area contributed by atoms with Crippen molar-refractivity contribution in [2.75, 3.05) is 31.7 Å². The van der Waals surface area contributed by atoms with Gasteiger partial charge in [0.2, 0.25) is 0 Å². The topological polar surface area (TPSA) is 67.4 Å². The molecule has 1 unspecified atom stereocenters. The Morgan fingerprint density at radius 1 is 1.43 bits per heavy atom. The molecule has 3 rings (SSSR count). The van der Waals surface area contributed by atoms with Gasteiger partial charge in [0.15, 0.2) is 5.82 Å². The van der Waals surface area contributed by atoms with E-state index < -0.39 is 12.8 Å². The number of hydrogen-bond donors (Lipinski definition) is 1. The summed E-state index contributed by atoms with van der Waals surface area (Å²) in [6, 6.07) is 1.61. The molecule has 114 valence electrons. The number of urea groups is 1. The van der Waals surface area contributed by atoms with E-state index in [9.17, 15) is 9.18 Å². The molecular weight excluding hydrogens is 275 g/mol. The molecule has 6 nitrogen and oxygen atoms in total. The van der Waals surface area contributed by atoms with Gasteiger partial charge in [-0.05, 0) is 37.3 Å². The monoisotopic (exact) mass is 294 g/mol. The Bertz CT molecular complexity index is 526. The largest absolute Gasteiger partial charge is 0.374 e. The molecule has 1 aliphatic carbocycles. The third-order valence-corrected chi connectivity index (χ3v) is 3.86. The molecule has 1 atom stereocenters. The van der Waals surface area contributed by atoms with Gasteiger partial charge in [-0.2, -0.15) is 5.10 Å². The molecule has 0 spiro atoms. The zero-order valence-corrected chi connectivity index (χ0v) is 11.8. The van der Waals surface area contributed by atoms with Gasteiger partial charge >= 0.3 is 6.03 Å². The summed E-state index contributed by atoms with van der Waals surface area (Å²) in [5.74, 6) is 0.461. The lowest BCUT2D eigenvalue weighted by molar-refractivity contribution is 0.0409. The Morgan fingerprint density at radius 2 is 2.33 bits per heavy atom. The van der Waals surface area contributed by atoms with Gasteiger partial charge in [-0.3, -0.25) is 5.32 Å². The quantitative estimate of drug-likeness (QED) is 0.899. The van der Waals surface area contributed by atoms with Crippen molar-refractivity contribution in [3.05, 3.63) is 17.3 Å². The third kappa shape index (κ3) is 3.29. The average Bonchev–Trinajstić information content (AvgIpc) is 2.82. The van der Waals surface area contributed by atoms with Crippen molar-refractivity contribution >= 4 is 11.8 Å². The van der Waals surface area contributed by atoms with Crippen LogP contribution in [0.15, 0.2) is 6.07 Å². The molecule has 0 radical (unpaired) electrons. The van der Waals surface area contributed by atoms with E-state index in [4.69, 9.17) is 4.74 Å². The summed E-state index contributed by atoms with van der Waals surface area (Å²) in [4.78, 5) is 13.8. The van der Waals surface area contributed by atoms with Crippen LogP contribution in [0.25, 0.3) is 0 Å². The van der Waals surface area contributed by atoms with E-state index in [0.717, 1.165) is 30.5 Å². The minimum absolute atomic E-state index is 0.265. The lowest BCUT2D eigenvalue weighted by Crippen LogP contribution is -2.40. The van der Waals surface area contributed by atoms with Crippen LogP contribution in [-0.4, -0.2) is 53.6 Å². The maximum absolute atomic E-state index is 12.8. The van der Waals surface area contributed by atoms with Crippen LogP contribution in [0.4, 0.5) is 15.0 Å². The van der Waals surface area contributed by atoms with Crippen LogP contribution in [0.5, 0.6) is 0 Å². The number of rotatable bonds is 2. The molecule has 1 aromatic heterocycles. The van der Waals surface area contributed by atoms with Crippen LogP contribution in [-0.2, 0) is 17.6 Å². The standard InChI is InChI=1S/C14H19FN4O2/c15-8-11-9-19(5-2-6-21-11)14(20)16-13-7-10-3-1-4-12(10)17-18-13/h7,11H,1-6,8-9H2,(H,16,18,20). The molecule has 1 N–H and O–H groups in total. The summed E-state index contributed by atoms with van der Waals surface area (Å²) in [6.07, 6.45) is 3.19. The maximum atomic E-state index is 12.8. The van der Waals surface area contributed by atoms with E-state index in [0.29, 0.717) is 25.4 Å². The van der Waals surface area contributed by atoms with Crippen molar-refractivity contribution in [1.29, 1.82) is 0 Å². The highest BCUT2D eigenvalue weighted by atomic mass is 19.1. The zero-order valence-electron chi connectivity index (χ0n) is 11.8. The first kappa shape index (κ1) is 14.2. The number of carbonyl (C=O) groups excluding carboxylic acids is 1. The molecule has 0 saturated carbocycles. The Hall–Kier alpha value is -1.76. The van der Waals surface area contributed by atoms with Crippen molar-refractivity contribution in [3.8, 4) is 0 Å². The molecule has 7 heteroatoms. The number of halogens is 1. The highest BCUT2D eigenvalue weighted by Gasteiger charge is 2.23. The molecule has 2 heterocycles. The Balaban J connectivity index is 1.65. The van der Waals surface area contributed by atoms with Crippen LogP contribution < -0.4 is 5.32 Å². The first-order chi connectivity index (χ1) is 10.3. The number of nitrogens with zero attached hydrogens (tertiary/aromatic N) is 3. The highest BCUT2D eigenvalue weighted by Crippen LogP contribution is 2.21.